The SMILES string of the molecule is [CH2]N1CCN(c2ccc([N+](=O)[O-])cc2)CC1. The lowest BCUT2D eigenvalue weighted by atomic mass is 10.2. The largest absolute Gasteiger partial charge is 0.369 e. The first-order chi connectivity index (χ1) is 7.66. The zero-order valence-electron chi connectivity index (χ0n) is 9.00. The van der Waals surface area contributed by atoms with Gasteiger partial charge in [0, 0.05) is 51.0 Å². The highest BCUT2D eigenvalue weighted by molar-refractivity contribution is 5.51. The predicted octanol–water partition coefficient (Wildman–Crippen LogP) is 1.51. The summed E-state index contributed by atoms with van der Waals surface area (Å²) in [6, 6.07) is 6.70. The third-order valence-corrected chi connectivity index (χ3v) is 2.80. The van der Waals surface area contributed by atoms with E-state index in [-0.39, 0.29) is 10.6 Å². The summed E-state index contributed by atoms with van der Waals surface area (Å²) in [7, 11) is 3.88. The van der Waals surface area contributed by atoms with Crippen LogP contribution in [0.1, 0.15) is 0 Å². The molecule has 1 heterocycles. The Kier molecular flexibility index (Phi) is 3.05. The highest BCUT2D eigenvalue weighted by Gasteiger charge is 2.15. The molecule has 0 spiro atoms. The monoisotopic (exact) mass is 220 g/mol. The molecule has 1 aliphatic rings. The van der Waals surface area contributed by atoms with Crippen LogP contribution < -0.4 is 4.90 Å². The van der Waals surface area contributed by atoms with Gasteiger partial charge in [-0.25, -0.2) is 0 Å². The van der Waals surface area contributed by atoms with Gasteiger partial charge in [-0.05, 0) is 12.1 Å². The topological polar surface area (TPSA) is 49.6 Å². The molecule has 1 aromatic carbocycles. The molecule has 1 aliphatic heterocycles. The van der Waals surface area contributed by atoms with Crippen LogP contribution in [0.3, 0.4) is 0 Å². The lowest BCUT2D eigenvalue weighted by molar-refractivity contribution is -0.384. The first kappa shape index (κ1) is 10.9. The number of hydrogen-bond donors (Lipinski definition) is 0. The number of benzene rings is 1. The molecule has 1 saturated heterocycles. The first-order valence-corrected chi connectivity index (χ1v) is 5.21. The number of hydrogen-bond acceptors (Lipinski definition) is 4. The molecule has 16 heavy (non-hydrogen) atoms. The van der Waals surface area contributed by atoms with E-state index in [2.05, 4.69) is 11.9 Å². The van der Waals surface area contributed by atoms with E-state index in [9.17, 15) is 10.1 Å². The van der Waals surface area contributed by atoms with Crippen LogP contribution in [0.5, 0.6) is 0 Å². The second kappa shape index (κ2) is 4.49. The molecule has 1 aromatic rings. The van der Waals surface area contributed by atoms with Gasteiger partial charge < -0.3 is 4.90 Å². The van der Waals surface area contributed by atoms with Crippen LogP contribution in [0.2, 0.25) is 0 Å². The van der Waals surface area contributed by atoms with E-state index in [1.165, 1.54) is 0 Å². The molecule has 1 radical (unpaired) electrons. The fourth-order valence-corrected chi connectivity index (χ4v) is 1.79. The zero-order chi connectivity index (χ0) is 11.5. The summed E-state index contributed by atoms with van der Waals surface area (Å²) in [4.78, 5) is 14.4. The number of piperazine rings is 1. The highest BCUT2D eigenvalue weighted by Crippen LogP contribution is 2.20. The van der Waals surface area contributed by atoms with E-state index in [0.29, 0.717) is 0 Å². The molecule has 5 nitrogen and oxygen atoms in total. The summed E-state index contributed by atoms with van der Waals surface area (Å²) < 4.78 is 0. The maximum atomic E-state index is 10.5. The third kappa shape index (κ3) is 2.30. The van der Waals surface area contributed by atoms with Crippen molar-refractivity contribution in [2.75, 3.05) is 31.1 Å². The Morgan fingerprint density at radius 1 is 1.12 bits per heavy atom. The van der Waals surface area contributed by atoms with Crippen LogP contribution in [0, 0.1) is 17.2 Å². The van der Waals surface area contributed by atoms with Crippen LogP contribution in [0.25, 0.3) is 0 Å². The summed E-state index contributed by atoms with van der Waals surface area (Å²) in [5, 5.41) is 10.5. The Labute approximate surface area is 94.4 Å². The maximum Gasteiger partial charge on any atom is 0.269 e. The first-order valence-electron chi connectivity index (χ1n) is 5.21. The summed E-state index contributed by atoms with van der Waals surface area (Å²) >= 11 is 0. The average molecular weight is 220 g/mol. The van der Waals surface area contributed by atoms with Crippen molar-refractivity contribution in [3.63, 3.8) is 0 Å². The number of nitrogens with zero attached hydrogens (tertiary/aromatic N) is 3. The van der Waals surface area contributed by atoms with Gasteiger partial charge in [-0.2, -0.15) is 0 Å². The molecule has 0 atom stereocenters. The lowest BCUT2D eigenvalue weighted by Crippen LogP contribution is -2.43. The third-order valence-electron chi connectivity index (χ3n) is 2.80. The average Bonchev–Trinajstić information content (AvgIpc) is 2.30. The lowest BCUT2D eigenvalue weighted by Gasteiger charge is -2.33. The molecule has 0 N–H and O–H groups in total. The van der Waals surface area contributed by atoms with Gasteiger partial charge >= 0.3 is 0 Å². The molecule has 0 aromatic heterocycles. The predicted molar refractivity (Wildman–Crippen MR) is 62.2 cm³/mol. The Morgan fingerprint density at radius 2 is 1.69 bits per heavy atom. The molecular formula is C11H14N3O2. The van der Waals surface area contributed by atoms with Gasteiger partial charge in [0.2, 0.25) is 0 Å². The van der Waals surface area contributed by atoms with E-state index < -0.39 is 0 Å². The minimum absolute atomic E-state index is 0.138. The van der Waals surface area contributed by atoms with Gasteiger partial charge in [0.25, 0.3) is 5.69 Å². The van der Waals surface area contributed by atoms with Crippen molar-refractivity contribution in [1.29, 1.82) is 0 Å². The minimum atomic E-state index is -0.377. The second-order valence-electron chi connectivity index (χ2n) is 3.88. The molecule has 0 unspecified atom stereocenters. The summed E-state index contributed by atoms with van der Waals surface area (Å²) in [5.41, 5.74) is 1.18. The number of nitro benzene ring substituents is 1. The number of non-ortho nitro benzene ring substituents is 1. The molecule has 0 amide bonds. The van der Waals surface area contributed by atoms with E-state index in [4.69, 9.17) is 0 Å². The molecule has 5 heteroatoms. The standard InChI is InChI=1S/C11H14N3O2/c1-12-6-8-13(9-7-12)10-2-4-11(5-3-10)14(15)16/h2-5H,1,6-9H2. The van der Waals surface area contributed by atoms with Crippen LogP contribution in [0.4, 0.5) is 11.4 Å². The molecule has 0 bridgehead atoms. The fraction of sp³-hybridized carbons (Fsp3) is 0.364. The van der Waals surface area contributed by atoms with Crippen molar-refractivity contribution < 1.29 is 4.92 Å². The van der Waals surface area contributed by atoms with E-state index in [1.807, 2.05) is 4.90 Å². The molecular weight excluding hydrogens is 206 g/mol. The maximum absolute atomic E-state index is 10.5. The van der Waals surface area contributed by atoms with Gasteiger partial charge in [-0.1, -0.05) is 0 Å². The normalized spacial score (nSPS) is 17.4. The summed E-state index contributed by atoms with van der Waals surface area (Å²) in [6.45, 7) is 3.69. The van der Waals surface area contributed by atoms with Gasteiger partial charge in [-0.15, -0.1) is 0 Å². The fourth-order valence-electron chi connectivity index (χ4n) is 1.79. The zero-order valence-corrected chi connectivity index (χ0v) is 9.00. The molecule has 1 fully saturated rings. The molecule has 0 aliphatic carbocycles. The van der Waals surface area contributed by atoms with E-state index >= 15 is 0 Å². The Balaban J connectivity index is 2.07. The van der Waals surface area contributed by atoms with Gasteiger partial charge in [-0.3, -0.25) is 15.0 Å². The van der Waals surface area contributed by atoms with Crippen molar-refractivity contribution >= 4 is 11.4 Å². The van der Waals surface area contributed by atoms with Gasteiger partial charge in [0.05, 0.1) is 4.92 Å². The van der Waals surface area contributed by atoms with Gasteiger partial charge in [0.1, 0.15) is 0 Å². The van der Waals surface area contributed by atoms with E-state index in [0.717, 1.165) is 31.9 Å². The van der Waals surface area contributed by atoms with Crippen molar-refractivity contribution in [1.82, 2.24) is 4.90 Å². The summed E-state index contributed by atoms with van der Waals surface area (Å²) in [6.07, 6.45) is 0. The second-order valence-corrected chi connectivity index (χ2v) is 3.88. The van der Waals surface area contributed by atoms with Crippen molar-refractivity contribution in [3.8, 4) is 0 Å². The number of anilines is 1. The molecule has 2 rings (SSSR count). The van der Waals surface area contributed by atoms with Crippen molar-refractivity contribution in [2.24, 2.45) is 0 Å². The van der Waals surface area contributed by atoms with Crippen molar-refractivity contribution in [2.45, 2.75) is 0 Å². The quantitative estimate of drug-likeness (QED) is 0.560. The molecule has 0 saturated carbocycles. The van der Waals surface area contributed by atoms with Crippen LogP contribution in [0.15, 0.2) is 24.3 Å². The molecule has 85 valence electrons. The van der Waals surface area contributed by atoms with Crippen LogP contribution >= 0.6 is 0 Å². The highest BCUT2D eigenvalue weighted by atomic mass is 16.6. The Hall–Kier alpha value is -1.62. The van der Waals surface area contributed by atoms with Gasteiger partial charge in [0.15, 0.2) is 0 Å². The minimum Gasteiger partial charge on any atom is -0.369 e. The smallest absolute Gasteiger partial charge is 0.269 e. The summed E-state index contributed by atoms with van der Waals surface area (Å²) in [5.74, 6) is 0. The number of nitro groups is 1. The van der Waals surface area contributed by atoms with Crippen LogP contribution in [-0.2, 0) is 0 Å². The number of rotatable bonds is 2. The van der Waals surface area contributed by atoms with E-state index in [1.54, 1.807) is 24.3 Å². The Morgan fingerprint density at radius 3 is 2.19 bits per heavy atom. The van der Waals surface area contributed by atoms with Crippen molar-refractivity contribution in [3.05, 3.63) is 41.4 Å². The Bertz CT molecular complexity index is 369. The van der Waals surface area contributed by atoms with Crippen LogP contribution in [-0.4, -0.2) is 36.0 Å².